The van der Waals surface area contributed by atoms with E-state index in [0.29, 0.717) is 5.56 Å². The predicted molar refractivity (Wildman–Crippen MR) is 87.6 cm³/mol. The lowest BCUT2D eigenvalue weighted by atomic mass is 10.0. The SMILES string of the molecule is CCC(=S)c1ccccc1C(=O)Nc1ccc(C)cc1. The van der Waals surface area contributed by atoms with Crippen molar-refractivity contribution in [3.63, 3.8) is 0 Å². The Morgan fingerprint density at radius 2 is 1.65 bits per heavy atom. The summed E-state index contributed by atoms with van der Waals surface area (Å²) in [5.74, 6) is -0.125. The number of carbonyl (C=O) groups excluding carboxylic acids is 1. The van der Waals surface area contributed by atoms with Crippen molar-refractivity contribution < 1.29 is 4.79 Å². The van der Waals surface area contributed by atoms with Crippen LogP contribution in [0.2, 0.25) is 0 Å². The second-order valence-electron chi connectivity index (χ2n) is 4.64. The molecule has 0 radical (unpaired) electrons. The molecular formula is C17H17NOS. The Bertz CT molecular complexity index is 632. The molecule has 0 aliphatic carbocycles. The minimum Gasteiger partial charge on any atom is -0.322 e. The molecule has 0 spiro atoms. The van der Waals surface area contributed by atoms with Crippen molar-refractivity contribution in [1.29, 1.82) is 0 Å². The number of hydrogen-bond acceptors (Lipinski definition) is 2. The highest BCUT2D eigenvalue weighted by molar-refractivity contribution is 7.80. The van der Waals surface area contributed by atoms with Crippen molar-refractivity contribution in [2.24, 2.45) is 0 Å². The third kappa shape index (κ3) is 3.31. The zero-order valence-corrected chi connectivity index (χ0v) is 12.5. The van der Waals surface area contributed by atoms with E-state index in [-0.39, 0.29) is 5.91 Å². The van der Waals surface area contributed by atoms with Gasteiger partial charge in [-0.15, -0.1) is 0 Å². The number of aryl methyl sites for hydroxylation is 1. The number of thiocarbonyl (C=S) groups is 1. The first-order chi connectivity index (χ1) is 9.61. The average molecular weight is 283 g/mol. The Labute approximate surface area is 124 Å². The van der Waals surface area contributed by atoms with E-state index in [4.69, 9.17) is 12.2 Å². The molecule has 0 aliphatic heterocycles. The fourth-order valence-corrected chi connectivity index (χ4v) is 2.13. The molecule has 0 saturated heterocycles. The van der Waals surface area contributed by atoms with Gasteiger partial charge in [-0.1, -0.05) is 55.0 Å². The van der Waals surface area contributed by atoms with Gasteiger partial charge in [-0.05, 0) is 31.5 Å². The molecular weight excluding hydrogens is 266 g/mol. The van der Waals surface area contributed by atoms with Gasteiger partial charge in [0.05, 0.1) is 0 Å². The van der Waals surface area contributed by atoms with Crippen LogP contribution in [0.25, 0.3) is 0 Å². The highest BCUT2D eigenvalue weighted by Crippen LogP contribution is 2.15. The molecule has 2 aromatic rings. The predicted octanol–water partition coefficient (Wildman–Crippen LogP) is 4.38. The van der Waals surface area contributed by atoms with Gasteiger partial charge in [-0.25, -0.2) is 0 Å². The summed E-state index contributed by atoms with van der Waals surface area (Å²) in [6, 6.07) is 15.2. The number of amides is 1. The lowest BCUT2D eigenvalue weighted by Gasteiger charge is -2.10. The lowest BCUT2D eigenvalue weighted by Crippen LogP contribution is -2.15. The number of hydrogen-bond donors (Lipinski definition) is 1. The summed E-state index contributed by atoms with van der Waals surface area (Å²) in [4.78, 5) is 13.2. The molecule has 1 N–H and O–H groups in total. The Kier molecular flexibility index (Phi) is 4.64. The van der Waals surface area contributed by atoms with Crippen LogP contribution in [0.15, 0.2) is 48.5 Å². The summed E-state index contributed by atoms with van der Waals surface area (Å²) in [5, 5.41) is 2.91. The highest BCUT2D eigenvalue weighted by Gasteiger charge is 2.13. The Morgan fingerprint density at radius 1 is 1.05 bits per heavy atom. The van der Waals surface area contributed by atoms with Crippen LogP contribution in [0.3, 0.4) is 0 Å². The fourth-order valence-electron chi connectivity index (χ4n) is 1.95. The smallest absolute Gasteiger partial charge is 0.256 e. The molecule has 0 atom stereocenters. The maximum absolute atomic E-state index is 12.4. The zero-order valence-electron chi connectivity index (χ0n) is 11.6. The molecule has 0 unspecified atom stereocenters. The van der Waals surface area contributed by atoms with E-state index in [2.05, 4.69) is 5.32 Å². The maximum Gasteiger partial charge on any atom is 0.256 e. The van der Waals surface area contributed by atoms with E-state index in [1.807, 2.05) is 56.3 Å². The van der Waals surface area contributed by atoms with Gasteiger partial charge in [-0.3, -0.25) is 4.79 Å². The summed E-state index contributed by atoms with van der Waals surface area (Å²) < 4.78 is 0. The second kappa shape index (κ2) is 6.44. The monoisotopic (exact) mass is 283 g/mol. The molecule has 2 rings (SSSR count). The Balaban J connectivity index is 2.25. The van der Waals surface area contributed by atoms with Crippen LogP contribution in [0, 0.1) is 6.92 Å². The molecule has 0 saturated carbocycles. The minimum atomic E-state index is -0.125. The van der Waals surface area contributed by atoms with Crippen molar-refractivity contribution in [3.8, 4) is 0 Å². The molecule has 2 aromatic carbocycles. The Morgan fingerprint density at radius 3 is 2.25 bits per heavy atom. The van der Waals surface area contributed by atoms with Crippen molar-refractivity contribution in [1.82, 2.24) is 0 Å². The van der Waals surface area contributed by atoms with Gasteiger partial charge in [0.15, 0.2) is 0 Å². The number of nitrogens with one attached hydrogen (secondary N) is 1. The quantitative estimate of drug-likeness (QED) is 0.666. The van der Waals surface area contributed by atoms with Gasteiger partial charge >= 0.3 is 0 Å². The number of benzene rings is 2. The van der Waals surface area contributed by atoms with Crippen molar-refractivity contribution in [2.45, 2.75) is 20.3 Å². The molecule has 0 bridgehead atoms. The Hall–Kier alpha value is -2.00. The van der Waals surface area contributed by atoms with Crippen LogP contribution >= 0.6 is 12.2 Å². The first-order valence-corrected chi connectivity index (χ1v) is 7.03. The van der Waals surface area contributed by atoms with Crippen LogP contribution in [-0.2, 0) is 0 Å². The molecule has 0 fully saturated rings. The van der Waals surface area contributed by atoms with E-state index in [0.717, 1.165) is 28.1 Å². The first-order valence-electron chi connectivity index (χ1n) is 6.62. The summed E-state index contributed by atoms with van der Waals surface area (Å²) >= 11 is 5.33. The van der Waals surface area contributed by atoms with Crippen LogP contribution in [0.1, 0.15) is 34.8 Å². The van der Waals surface area contributed by atoms with Crippen LogP contribution < -0.4 is 5.32 Å². The van der Waals surface area contributed by atoms with Gasteiger partial charge in [0.1, 0.15) is 0 Å². The van der Waals surface area contributed by atoms with Crippen LogP contribution in [-0.4, -0.2) is 10.8 Å². The van der Waals surface area contributed by atoms with Gasteiger partial charge in [0.25, 0.3) is 5.91 Å². The molecule has 0 aliphatic rings. The molecule has 0 aromatic heterocycles. The third-order valence-corrected chi connectivity index (χ3v) is 3.61. The van der Waals surface area contributed by atoms with Gasteiger partial charge in [-0.2, -0.15) is 0 Å². The molecule has 20 heavy (non-hydrogen) atoms. The van der Waals surface area contributed by atoms with Crippen LogP contribution in [0.4, 0.5) is 5.69 Å². The molecule has 1 amide bonds. The molecule has 2 nitrogen and oxygen atoms in total. The summed E-state index contributed by atoms with van der Waals surface area (Å²) in [7, 11) is 0. The molecule has 0 heterocycles. The second-order valence-corrected chi connectivity index (χ2v) is 5.14. The summed E-state index contributed by atoms with van der Waals surface area (Å²) in [6.45, 7) is 4.01. The van der Waals surface area contributed by atoms with E-state index in [1.165, 1.54) is 0 Å². The van der Waals surface area contributed by atoms with Crippen molar-refractivity contribution >= 4 is 28.7 Å². The van der Waals surface area contributed by atoms with Gasteiger partial charge < -0.3 is 5.32 Å². The van der Waals surface area contributed by atoms with E-state index >= 15 is 0 Å². The van der Waals surface area contributed by atoms with Gasteiger partial charge in [0.2, 0.25) is 0 Å². The van der Waals surface area contributed by atoms with E-state index in [1.54, 1.807) is 6.07 Å². The minimum absolute atomic E-state index is 0.125. The maximum atomic E-state index is 12.4. The highest BCUT2D eigenvalue weighted by atomic mass is 32.1. The van der Waals surface area contributed by atoms with Crippen LogP contribution in [0.5, 0.6) is 0 Å². The first kappa shape index (κ1) is 14.4. The van der Waals surface area contributed by atoms with E-state index in [9.17, 15) is 4.79 Å². The standard InChI is InChI=1S/C17H17NOS/c1-3-16(20)14-6-4-5-7-15(14)17(19)18-13-10-8-12(2)9-11-13/h4-11H,3H2,1-2H3,(H,18,19). The fraction of sp³-hybridized carbons (Fsp3) is 0.176. The largest absolute Gasteiger partial charge is 0.322 e. The summed E-state index contributed by atoms with van der Waals surface area (Å²) in [6.07, 6.45) is 0.754. The van der Waals surface area contributed by atoms with Crippen molar-refractivity contribution in [2.75, 3.05) is 5.32 Å². The normalized spacial score (nSPS) is 10.1. The third-order valence-electron chi connectivity index (χ3n) is 3.10. The molecule has 3 heteroatoms. The lowest BCUT2D eigenvalue weighted by molar-refractivity contribution is 0.102. The zero-order chi connectivity index (χ0) is 14.5. The topological polar surface area (TPSA) is 29.1 Å². The number of rotatable bonds is 4. The average Bonchev–Trinajstić information content (AvgIpc) is 2.48. The summed E-state index contributed by atoms with van der Waals surface area (Å²) in [5.41, 5.74) is 3.42. The number of anilines is 1. The van der Waals surface area contributed by atoms with Gasteiger partial charge in [0, 0.05) is 21.7 Å². The van der Waals surface area contributed by atoms with Crippen molar-refractivity contribution in [3.05, 3.63) is 65.2 Å². The number of carbonyl (C=O) groups is 1. The van der Waals surface area contributed by atoms with E-state index < -0.39 is 0 Å². The molecule has 102 valence electrons.